The SMILES string of the molecule is O=C(O)N[C@H]1CC[C@H](NCc2ccccc2)CC1. The summed E-state index contributed by atoms with van der Waals surface area (Å²) in [4.78, 5) is 10.5. The lowest BCUT2D eigenvalue weighted by Crippen LogP contribution is -2.41. The second-order valence-electron chi connectivity index (χ2n) is 4.86. The molecule has 4 nitrogen and oxygen atoms in total. The fourth-order valence-corrected chi connectivity index (χ4v) is 2.47. The summed E-state index contributed by atoms with van der Waals surface area (Å²) < 4.78 is 0. The van der Waals surface area contributed by atoms with Crippen LogP contribution in [0.2, 0.25) is 0 Å². The molecule has 1 aromatic rings. The van der Waals surface area contributed by atoms with Crippen LogP contribution in [0.15, 0.2) is 30.3 Å². The molecule has 1 aliphatic rings. The Morgan fingerprint density at radius 1 is 1.11 bits per heavy atom. The van der Waals surface area contributed by atoms with Gasteiger partial charge in [-0.25, -0.2) is 4.79 Å². The molecule has 1 amide bonds. The molecule has 1 aromatic carbocycles. The summed E-state index contributed by atoms with van der Waals surface area (Å²) in [5.41, 5.74) is 1.29. The molecule has 0 aliphatic heterocycles. The predicted octanol–water partition coefficient (Wildman–Crippen LogP) is 2.35. The molecule has 18 heavy (non-hydrogen) atoms. The zero-order valence-corrected chi connectivity index (χ0v) is 10.4. The molecule has 1 fully saturated rings. The van der Waals surface area contributed by atoms with E-state index in [9.17, 15) is 4.79 Å². The molecule has 0 heterocycles. The molecule has 4 heteroatoms. The van der Waals surface area contributed by atoms with E-state index in [1.165, 1.54) is 5.56 Å². The van der Waals surface area contributed by atoms with Crippen LogP contribution in [0.25, 0.3) is 0 Å². The first-order valence-corrected chi connectivity index (χ1v) is 6.51. The Morgan fingerprint density at radius 3 is 2.33 bits per heavy atom. The second kappa shape index (κ2) is 6.40. The zero-order valence-electron chi connectivity index (χ0n) is 10.4. The number of amides is 1. The van der Waals surface area contributed by atoms with Gasteiger partial charge in [-0.2, -0.15) is 0 Å². The molecule has 2 rings (SSSR count). The van der Waals surface area contributed by atoms with E-state index in [0.29, 0.717) is 6.04 Å². The van der Waals surface area contributed by atoms with Gasteiger partial charge in [-0.3, -0.25) is 0 Å². The molecule has 0 unspecified atom stereocenters. The van der Waals surface area contributed by atoms with Crippen molar-refractivity contribution in [2.75, 3.05) is 0 Å². The van der Waals surface area contributed by atoms with Gasteiger partial charge in [0.15, 0.2) is 0 Å². The number of carbonyl (C=O) groups is 1. The number of nitrogens with one attached hydrogen (secondary N) is 2. The fourth-order valence-electron chi connectivity index (χ4n) is 2.47. The van der Waals surface area contributed by atoms with Crippen molar-refractivity contribution in [1.82, 2.24) is 10.6 Å². The summed E-state index contributed by atoms with van der Waals surface area (Å²) in [5, 5.41) is 14.8. The first kappa shape index (κ1) is 12.9. The summed E-state index contributed by atoms with van der Waals surface area (Å²) >= 11 is 0. The normalized spacial score (nSPS) is 23.6. The lowest BCUT2D eigenvalue weighted by molar-refractivity contribution is 0.183. The van der Waals surface area contributed by atoms with Crippen LogP contribution < -0.4 is 10.6 Å². The highest BCUT2D eigenvalue weighted by Crippen LogP contribution is 2.19. The molecule has 1 saturated carbocycles. The van der Waals surface area contributed by atoms with Gasteiger partial charge in [0.05, 0.1) is 0 Å². The van der Waals surface area contributed by atoms with Crippen LogP contribution in [0.5, 0.6) is 0 Å². The van der Waals surface area contributed by atoms with Crippen molar-refractivity contribution < 1.29 is 9.90 Å². The van der Waals surface area contributed by atoms with Gasteiger partial charge in [0.1, 0.15) is 0 Å². The monoisotopic (exact) mass is 248 g/mol. The van der Waals surface area contributed by atoms with E-state index in [2.05, 4.69) is 22.8 Å². The third kappa shape index (κ3) is 4.04. The fraction of sp³-hybridized carbons (Fsp3) is 0.500. The van der Waals surface area contributed by atoms with Crippen LogP contribution in [0.3, 0.4) is 0 Å². The Bertz CT molecular complexity index is 373. The number of hydrogen-bond donors (Lipinski definition) is 3. The quantitative estimate of drug-likeness (QED) is 0.766. The van der Waals surface area contributed by atoms with Crippen molar-refractivity contribution in [3.63, 3.8) is 0 Å². The largest absolute Gasteiger partial charge is 0.465 e. The molecule has 0 spiro atoms. The summed E-state index contributed by atoms with van der Waals surface area (Å²) in [6.07, 6.45) is 3.03. The van der Waals surface area contributed by atoms with Crippen molar-refractivity contribution >= 4 is 6.09 Å². The van der Waals surface area contributed by atoms with Crippen LogP contribution in [-0.4, -0.2) is 23.3 Å². The summed E-state index contributed by atoms with van der Waals surface area (Å²) in [5.74, 6) is 0. The number of benzene rings is 1. The smallest absolute Gasteiger partial charge is 0.404 e. The highest BCUT2D eigenvalue weighted by Gasteiger charge is 2.21. The minimum absolute atomic E-state index is 0.136. The average Bonchev–Trinajstić information content (AvgIpc) is 2.38. The van der Waals surface area contributed by atoms with Gasteiger partial charge in [0.25, 0.3) is 0 Å². The predicted molar refractivity (Wildman–Crippen MR) is 70.5 cm³/mol. The third-order valence-corrected chi connectivity index (χ3v) is 3.49. The Morgan fingerprint density at radius 2 is 1.72 bits per heavy atom. The van der Waals surface area contributed by atoms with E-state index < -0.39 is 6.09 Å². The summed E-state index contributed by atoms with van der Waals surface area (Å²) in [7, 11) is 0. The topological polar surface area (TPSA) is 61.4 Å². The Kier molecular flexibility index (Phi) is 4.59. The van der Waals surface area contributed by atoms with Crippen LogP contribution in [0.1, 0.15) is 31.2 Å². The van der Waals surface area contributed by atoms with E-state index in [-0.39, 0.29) is 6.04 Å². The molecular weight excluding hydrogens is 228 g/mol. The van der Waals surface area contributed by atoms with Crippen molar-refractivity contribution in [3.05, 3.63) is 35.9 Å². The van der Waals surface area contributed by atoms with Crippen molar-refractivity contribution in [1.29, 1.82) is 0 Å². The number of rotatable bonds is 4. The highest BCUT2D eigenvalue weighted by atomic mass is 16.4. The first-order chi connectivity index (χ1) is 8.74. The van der Waals surface area contributed by atoms with Crippen LogP contribution in [0, 0.1) is 0 Å². The van der Waals surface area contributed by atoms with E-state index >= 15 is 0 Å². The van der Waals surface area contributed by atoms with E-state index in [0.717, 1.165) is 32.2 Å². The van der Waals surface area contributed by atoms with Crippen molar-refractivity contribution in [3.8, 4) is 0 Å². The van der Waals surface area contributed by atoms with Gasteiger partial charge in [-0.1, -0.05) is 30.3 Å². The van der Waals surface area contributed by atoms with Crippen LogP contribution in [0.4, 0.5) is 4.79 Å². The molecular formula is C14H20N2O2. The van der Waals surface area contributed by atoms with E-state index in [1.807, 2.05) is 18.2 Å². The van der Waals surface area contributed by atoms with Gasteiger partial charge in [-0.15, -0.1) is 0 Å². The third-order valence-electron chi connectivity index (χ3n) is 3.49. The maximum absolute atomic E-state index is 10.5. The molecule has 0 aromatic heterocycles. The molecule has 0 saturated heterocycles. The first-order valence-electron chi connectivity index (χ1n) is 6.51. The number of hydrogen-bond acceptors (Lipinski definition) is 2. The maximum Gasteiger partial charge on any atom is 0.404 e. The minimum atomic E-state index is -0.907. The van der Waals surface area contributed by atoms with Gasteiger partial charge >= 0.3 is 6.09 Å². The lowest BCUT2D eigenvalue weighted by atomic mass is 9.91. The summed E-state index contributed by atoms with van der Waals surface area (Å²) in [6.45, 7) is 0.891. The second-order valence-corrected chi connectivity index (χ2v) is 4.86. The molecule has 0 bridgehead atoms. The Hall–Kier alpha value is -1.55. The summed E-state index contributed by atoms with van der Waals surface area (Å²) in [6, 6.07) is 11.0. The van der Waals surface area contributed by atoms with Crippen LogP contribution in [-0.2, 0) is 6.54 Å². The van der Waals surface area contributed by atoms with Gasteiger partial charge < -0.3 is 15.7 Å². The zero-order chi connectivity index (χ0) is 12.8. The molecule has 3 N–H and O–H groups in total. The van der Waals surface area contributed by atoms with E-state index in [4.69, 9.17) is 5.11 Å². The van der Waals surface area contributed by atoms with Gasteiger partial charge in [0, 0.05) is 18.6 Å². The number of carboxylic acid groups (broad SMARTS) is 1. The average molecular weight is 248 g/mol. The molecule has 0 radical (unpaired) electrons. The Balaban J connectivity index is 1.69. The lowest BCUT2D eigenvalue weighted by Gasteiger charge is -2.29. The van der Waals surface area contributed by atoms with E-state index in [1.54, 1.807) is 0 Å². The maximum atomic E-state index is 10.5. The highest BCUT2D eigenvalue weighted by molar-refractivity contribution is 5.64. The van der Waals surface area contributed by atoms with Crippen LogP contribution >= 0.6 is 0 Å². The van der Waals surface area contributed by atoms with Crippen molar-refractivity contribution in [2.45, 2.75) is 44.3 Å². The Labute approximate surface area is 107 Å². The van der Waals surface area contributed by atoms with Gasteiger partial charge in [-0.05, 0) is 31.2 Å². The molecule has 1 aliphatic carbocycles. The van der Waals surface area contributed by atoms with Gasteiger partial charge in [0.2, 0.25) is 0 Å². The molecule has 98 valence electrons. The van der Waals surface area contributed by atoms with Crippen molar-refractivity contribution in [2.24, 2.45) is 0 Å². The molecule has 0 atom stereocenters. The standard InChI is InChI=1S/C14H20N2O2/c17-14(18)16-13-8-6-12(7-9-13)15-10-11-4-2-1-3-5-11/h1-5,12-13,15-16H,6-10H2,(H,17,18)/t12-,13-. The minimum Gasteiger partial charge on any atom is -0.465 e.